The molecule has 0 saturated heterocycles. The highest BCUT2D eigenvalue weighted by Crippen LogP contribution is 2.32. The van der Waals surface area contributed by atoms with Crippen LogP contribution in [-0.4, -0.2) is 22.2 Å². The van der Waals surface area contributed by atoms with E-state index in [4.69, 9.17) is 0 Å². The molecule has 0 bridgehead atoms. The summed E-state index contributed by atoms with van der Waals surface area (Å²) >= 11 is 0. The predicted molar refractivity (Wildman–Crippen MR) is 105 cm³/mol. The quantitative estimate of drug-likeness (QED) is 0.576. The number of carbonyl (C=O) groups excluding carboxylic acids is 1. The minimum atomic E-state index is -0.294. The topological polar surface area (TPSA) is 102 Å². The molecule has 1 aliphatic heterocycles. The van der Waals surface area contributed by atoms with Gasteiger partial charge in [-0.25, -0.2) is 4.79 Å². The molecule has 2 heterocycles. The second-order valence-corrected chi connectivity index (χ2v) is 6.68. The highest BCUT2D eigenvalue weighted by atomic mass is 16.3. The van der Waals surface area contributed by atoms with Crippen molar-refractivity contribution in [2.75, 3.05) is 5.32 Å². The van der Waals surface area contributed by atoms with Gasteiger partial charge in [0.05, 0.1) is 23.1 Å². The van der Waals surface area contributed by atoms with Crippen molar-refractivity contribution in [2.24, 2.45) is 10.2 Å². The molecule has 7 heteroatoms. The maximum atomic E-state index is 12.0. The molecule has 0 spiro atoms. The van der Waals surface area contributed by atoms with Gasteiger partial charge in [-0.2, -0.15) is 10.2 Å². The van der Waals surface area contributed by atoms with Crippen molar-refractivity contribution in [1.29, 1.82) is 0 Å². The Morgan fingerprint density at radius 3 is 2.93 bits per heavy atom. The van der Waals surface area contributed by atoms with Crippen molar-refractivity contribution in [3.63, 3.8) is 0 Å². The number of urea groups is 1. The zero-order chi connectivity index (χ0) is 19.0. The second-order valence-electron chi connectivity index (χ2n) is 6.68. The first-order chi connectivity index (χ1) is 13.0. The fraction of sp³-hybridized carbons (Fsp3) is 0.150. The number of aromatic hydroxyl groups is 1. The van der Waals surface area contributed by atoms with E-state index in [9.17, 15) is 9.90 Å². The average molecular weight is 361 g/mol. The monoisotopic (exact) mass is 361 g/mol. The number of hydrogen-bond acceptors (Lipinski definition) is 4. The number of aromatic amines is 1. The summed E-state index contributed by atoms with van der Waals surface area (Å²) in [7, 11) is 0. The number of azo groups is 1. The number of benzene rings is 2. The van der Waals surface area contributed by atoms with Crippen LogP contribution in [-0.2, 0) is 0 Å². The summed E-state index contributed by atoms with van der Waals surface area (Å²) in [5, 5.41) is 26.7. The van der Waals surface area contributed by atoms with Crippen LogP contribution < -0.4 is 21.1 Å². The Labute approximate surface area is 155 Å². The summed E-state index contributed by atoms with van der Waals surface area (Å²) in [5.74, 6) is 0.0391. The Morgan fingerprint density at radius 2 is 2.11 bits per heavy atom. The van der Waals surface area contributed by atoms with E-state index in [1.54, 1.807) is 12.3 Å². The number of fused-ring (bicyclic) bond motifs is 2. The normalized spacial score (nSPS) is 13.1. The number of para-hydroxylation sites is 1. The Balaban J connectivity index is 1.77. The number of hydrogen-bond donors (Lipinski definition) is 4. The van der Waals surface area contributed by atoms with Crippen LogP contribution >= 0.6 is 0 Å². The highest BCUT2D eigenvalue weighted by Gasteiger charge is 2.13. The molecule has 4 rings (SSSR count). The third-order valence-corrected chi connectivity index (χ3v) is 4.25. The highest BCUT2D eigenvalue weighted by molar-refractivity contribution is 6.04. The third kappa shape index (κ3) is 3.27. The Hall–Kier alpha value is -3.61. The fourth-order valence-electron chi connectivity index (χ4n) is 3.06. The molecule has 0 aliphatic carbocycles. The lowest BCUT2D eigenvalue weighted by molar-refractivity contribution is 0.250. The first-order valence-corrected chi connectivity index (χ1v) is 8.65. The lowest BCUT2D eigenvalue weighted by Crippen LogP contribution is -2.34. The van der Waals surface area contributed by atoms with E-state index >= 15 is 0 Å². The van der Waals surface area contributed by atoms with Crippen molar-refractivity contribution in [3.05, 3.63) is 52.4 Å². The largest absolute Gasteiger partial charge is 0.494 e. The number of nitrogens with zero attached hydrogens (tertiary/aromatic N) is 2. The molecule has 0 fully saturated rings. The molecular formula is C20H19N5O2. The second kappa shape index (κ2) is 6.60. The van der Waals surface area contributed by atoms with Crippen LogP contribution in [0.15, 0.2) is 46.6 Å². The van der Waals surface area contributed by atoms with Gasteiger partial charge in [0.15, 0.2) is 5.88 Å². The Bertz CT molecular complexity index is 1190. The van der Waals surface area contributed by atoms with Crippen molar-refractivity contribution < 1.29 is 9.90 Å². The van der Waals surface area contributed by atoms with Crippen molar-refractivity contribution in [3.8, 4) is 5.88 Å². The van der Waals surface area contributed by atoms with Gasteiger partial charge in [0.25, 0.3) is 0 Å². The summed E-state index contributed by atoms with van der Waals surface area (Å²) in [4.78, 5) is 15.0. The molecule has 0 radical (unpaired) electrons. The van der Waals surface area contributed by atoms with Crippen LogP contribution in [0.25, 0.3) is 23.2 Å². The number of carbonyl (C=O) groups is 1. The van der Waals surface area contributed by atoms with Crippen LogP contribution in [0.3, 0.4) is 0 Å². The summed E-state index contributed by atoms with van der Waals surface area (Å²) in [6.07, 6.45) is 3.59. The molecule has 2 aromatic carbocycles. The maximum absolute atomic E-state index is 12.0. The van der Waals surface area contributed by atoms with Crippen molar-refractivity contribution in [2.45, 2.75) is 19.9 Å². The summed E-state index contributed by atoms with van der Waals surface area (Å²) in [5.41, 5.74) is 2.71. The van der Waals surface area contributed by atoms with Crippen LogP contribution in [0.2, 0.25) is 0 Å². The summed E-state index contributed by atoms with van der Waals surface area (Å²) < 4.78 is 0. The molecule has 7 nitrogen and oxygen atoms in total. The lowest BCUT2D eigenvalue weighted by Gasteiger charge is -2.10. The van der Waals surface area contributed by atoms with E-state index in [0.717, 1.165) is 21.5 Å². The van der Waals surface area contributed by atoms with Gasteiger partial charge in [-0.05, 0) is 37.3 Å². The van der Waals surface area contributed by atoms with Gasteiger partial charge in [0.1, 0.15) is 0 Å². The van der Waals surface area contributed by atoms with Gasteiger partial charge in [0, 0.05) is 22.2 Å². The molecule has 0 atom stereocenters. The van der Waals surface area contributed by atoms with Gasteiger partial charge in [-0.3, -0.25) is 0 Å². The molecule has 4 N–H and O–H groups in total. The number of H-pyrrole nitrogens is 1. The number of nitrogens with one attached hydrogen (secondary N) is 3. The molecule has 0 saturated carbocycles. The average Bonchev–Trinajstić information content (AvgIpc) is 3.19. The molecule has 1 aromatic heterocycles. The SMILES string of the molecule is CC(C)NC(=O)Nc1cccc2c(C=c3ccc4c(c3)N=NC=4)c(O)[nH]c12. The van der Waals surface area contributed by atoms with Crippen LogP contribution in [0, 0.1) is 0 Å². The maximum Gasteiger partial charge on any atom is 0.319 e. The van der Waals surface area contributed by atoms with E-state index in [-0.39, 0.29) is 18.0 Å². The van der Waals surface area contributed by atoms with E-state index in [1.807, 2.05) is 50.3 Å². The van der Waals surface area contributed by atoms with Gasteiger partial charge in [-0.15, -0.1) is 0 Å². The van der Waals surface area contributed by atoms with Gasteiger partial charge >= 0.3 is 6.03 Å². The van der Waals surface area contributed by atoms with E-state index in [1.165, 1.54) is 0 Å². The standard InChI is InChI=1S/C20H19N5O2/c1-11(2)22-20(27)23-16-5-3-4-14-15(19(26)24-18(14)16)8-12-6-7-13-10-21-25-17(13)9-12/h3-11,24,26H,1-2H3,(H2,22,23,27). The minimum Gasteiger partial charge on any atom is -0.494 e. The first kappa shape index (κ1) is 16.8. The number of aromatic nitrogens is 1. The van der Waals surface area contributed by atoms with Crippen LogP contribution in [0.5, 0.6) is 5.88 Å². The van der Waals surface area contributed by atoms with Crippen molar-refractivity contribution >= 4 is 40.6 Å². The lowest BCUT2D eigenvalue weighted by atomic mass is 10.1. The summed E-state index contributed by atoms with van der Waals surface area (Å²) in [6, 6.07) is 11.1. The van der Waals surface area contributed by atoms with Crippen molar-refractivity contribution in [1.82, 2.24) is 10.3 Å². The van der Waals surface area contributed by atoms with Crippen LogP contribution in [0.4, 0.5) is 16.2 Å². The Morgan fingerprint density at radius 1 is 1.26 bits per heavy atom. The Kier molecular flexibility index (Phi) is 4.12. The molecular weight excluding hydrogens is 342 g/mol. The zero-order valence-corrected chi connectivity index (χ0v) is 14.9. The first-order valence-electron chi connectivity index (χ1n) is 8.65. The minimum absolute atomic E-state index is 0.0272. The zero-order valence-electron chi connectivity index (χ0n) is 14.9. The van der Waals surface area contributed by atoms with E-state index in [2.05, 4.69) is 25.8 Å². The smallest absolute Gasteiger partial charge is 0.319 e. The molecule has 3 aromatic rings. The number of anilines is 1. The van der Waals surface area contributed by atoms with Gasteiger partial charge in [0.2, 0.25) is 0 Å². The fourth-order valence-corrected chi connectivity index (χ4v) is 3.06. The van der Waals surface area contributed by atoms with Gasteiger partial charge in [-0.1, -0.05) is 24.3 Å². The summed E-state index contributed by atoms with van der Waals surface area (Å²) in [6.45, 7) is 3.78. The molecule has 2 amide bonds. The van der Waals surface area contributed by atoms with Gasteiger partial charge < -0.3 is 20.7 Å². The number of amides is 2. The number of rotatable bonds is 3. The van der Waals surface area contributed by atoms with Crippen LogP contribution in [0.1, 0.15) is 19.4 Å². The molecule has 27 heavy (non-hydrogen) atoms. The van der Waals surface area contributed by atoms with E-state index < -0.39 is 0 Å². The predicted octanol–water partition coefficient (Wildman–Crippen LogP) is 3.07. The van der Waals surface area contributed by atoms with E-state index in [0.29, 0.717) is 16.8 Å². The molecule has 1 aliphatic rings. The molecule has 136 valence electrons. The third-order valence-electron chi connectivity index (χ3n) is 4.25. The molecule has 0 unspecified atom stereocenters.